The number of aromatic nitrogens is 1. The molecule has 0 unspecified atom stereocenters. The van der Waals surface area contributed by atoms with Crippen molar-refractivity contribution in [1.29, 1.82) is 0 Å². The average Bonchev–Trinajstić information content (AvgIpc) is 2.15. The molecule has 16 heavy (non-hydrogen) atoms. The Labute approximate surface area is 93.1 Å². The number of pyridine rings is 1. The van der Waals surface area contributed by atoms with Crippen molar-refractivity contribution in [1.82, 2.24) is 4.98 Å². The molecule has 0 saturated heterocycles. The van der Waals surface area contributed by atoms with Crippen molar-refractivity contribution >= 4 is 11.9 Å². The predicted octanol–water partition coefficient (Wildman–Crippen LogP) is 1.74. The van der Waals surface area contributed by atoms with Crippen LogP contribution >= 0.6 is 0 Å². The van der Waals surface area contributed by atoms with Gasteiger partial charge in [-0.2, -0.15) is 0 Å². The SMILES string of the molecule is CC(C)(C)OC(=O)c1ncccc1C(=O)O. The van der Waals surface area contributed by atoms with E-state index < -0.39 is 17.5 Å². The quantitative estimate of drug-likeness (QED) is 0.772. The largest absolute Gasteiger partial charge is 0.478 e. The van der Waals surface area contributed by atoms with Crippen LogP contribution in [-0.2, 0) is 4.74 Å². The second kappa shape index (κ2) is 4.30. The number of rotatable bonds is 2. The third-order valence-electron chi connectivity index (χ3n) is 1.63. The molecule has 0 spiro atoms. The lowest BCUT2D eigenvalue weighted by Gasteiger charge is -2.19. The van der Waals surface area contributed by atoms with Gasteiger partial charge in [-0.1, -0.05) is 0 Å². The van der Waals surface area contributed by atoms with Gasteiger partial charge >= 0.3 is 11.9 Å². The second-order valence-electron chi connectivity index (χ2n) is 4.21. The molecule has 0 atom stereocenters. The third kappa shape index (κ3) is 3.05. The minimum absolute atomic E-state index is 0.156. The Kier molecular flexibility index (Phi) is 3.27. The van der Waals surface area contributed by atoms with Gasteiger partial charge in [-0.15, -0.1) is 0 Å². The minimum atomic E-state index is -1.20. The summed E-state index contributed by atoms with van der Waals surface area (Å²) in [5.74, 6) is -1.93. The van der Waals surface area contributed by atoms with Crippen molar-refractivity contribution in [3.05, 3.63) is 29.6 Å². The third-order valence-corrected chi connectivity index (χ3v) is 1.63. The summed E-state index contributed by atoms with van der Waals surface area (Å²) in [6.07, 6.45) is 1.35. The van der Waals surface area contributed by atoms with Crippen LogP contribution in [0.2, 0.25) is 0 Å². The lowest BCUT2D eigenvalue weighted by molar-refractivity contribution is 0.00589. The highest BCUT2D eigenvalue weighted by atomic mass is 16.6. The Morgan fingerprint density at radius 1 is 1.38 bits per heavy atom. The first-order valence-electron chi connectivity index (χ1n) is 4.73. The monoisotopic (exact) mass is 223 g/mol. The van der Waals surface area contributed by atoms with Crippen molar-refractivity contribution in [3.63, 3.8) is 0 Å². The van der Waals surface area contributed by atoms with Crippen molar-refractivity contribution < 1.29 is 19.4 Å². The fraction of sp³-hybridized carbons (Fsp3) is 0.364. The van der Waals surface area contributed by atoms with E-state index in [0.717, 1.165) is 0 Å². The number of nitrogens with zero attached hydrogens (tertiary/aromatic N) is 1. The van der Waals surface area contributed by atoms with Crippen molar-refractivity contribution in [2.45, 2.75) is 26.4 Å². The van der Waals surface area contributed by atoms with Gasteiger partial charge in [-0.3, -0.25) is 0 Å². The summed E-state index contributed by atoms with van der Waals surface area (Å²) in [7, 11) is 0. The summed E-state index contributed by atoms with van der Waals surface area (Å²) < 4.78 is 5.05. The Morgan fingerprint density at radius 2 is 2.00 bits per heavy atom. The molecule has 1 aromatic heterocycles. The molecule has 1 aromatic rings. The fourth-order valence-corrected chi connectivity index (χ4v) is 1.07. The molecule has 1 heterocycles. The van der Waals surface area contributed by atoms with Gasteiger partial charge in [0, 0.05) is 6.20 Å². The van der Waals surface area contributed by atoms with E-state index in [4.69, 9.17) is 9.84 Å². The number of carboxylic acid groups (broad SMARTS) is 1. The van der Waals surface area contributed by atoms with Crippen LogP contribution in [0.15, 0.2) is 18.3 Å². The van der Waals surface area contributed by atoms with E-state index in [-0.39, 0.29) is 11.3 Å². The molecule has 0 bridgehead atoms. The number of ether oxygens (including phenoxy) is 1. The van der Waals surface area contributed by atoms with E-state index in [1.807, 2.05) is 0 Å². The molecule has 0 radical (unpaired) electrons. The molecular formula is C11H13NO4. The standard InChI is InChI=1S/C11H13NO4/c1-11(2,3)16-10(15)8-7(9(13)14)5-4-6-12-8/h4-6H,1-3H3,(H,13,14). The van der Waals surface area contributed by atoms with Crippen LogP contribution in [0.25, 0.3) is 0 Å². The second-order valence-corrected chi connectivity index (χ2v) is 4.21. The molecule has 5 heteroatoms. The number of esters is 1. The van der Waals surface area contributed by atoms with Crippen molar-refractivity contribution in [2.24, 2.45) is 0 Å². The van der Waals surface area contributed by atoms with Crippen LogP contribution in [-0.4, -0.2) is 27.6 Å². The van der Waals surface area contributed by atoms with Gasteiger partial charge in [0.15, 0.2) is 5.69 Å². The van der Waals surface area contributed by atoms with E-state index in [1.165, 1.54) is 18.3 Å². The molecule has 0 aliphatic rings. The number of hydrogen-bond donors (Lipinski definition) is 1. The summed E-state index contributed by atoms with van der Waals surface area (Å²) in [5.41, 5.74) is -1.01. The maximum absolute atomic E-state index is 11.6. The number of carboxylic acids is 1. The molecule has 86 valence electrons. The first kappa shape index (κ1) is 12.2. The lowest BCUT2D eigenvalue weighted by atomic mass is 10.1. The van der Waals surface area contributed by atoms with Crippen LogP contribution < -0.4 is 0 Å². The maximum atomic E-state index is 11.6. The van der Waals surface area contributed by atoms with Gasteiger partial charge in [0.25, 0.3) is 0 Å². The van der Waals surface area contributed by atoms with Gasteiger partial charge in [-0.25, -0.2) is 14.6 Å². The molecule has 0 aliphatic carbocycles. The summed E-state index contributed by atoms with van der Waals surface area (Å²) in [4.78, 5) is 26.2. The number of hydrogen-bond acceptors (Lipinski definition) is 4. The van der Waals surface area contributed by atoms with Crippen LogP contribution in [0.3, 0.4) is 0 Å². The van der Waals surface area contributed by atoms with Gasteiger partial charge in [0.1, 0.15) is 5.60 Å². The first-order chi connectivity index (χ1) is 7.31. The molecule has 5 nitrogen and oxygen atoms in total. The van der Waals surface area contributed by atoms with E-state index in [1.54, 1.807) is 20.8 Å². The molecule has 0 saturated carbocycles. The average molecular weight is 223 g/mol. The zero-order valence-corrected chi connectivity index (χ0v) is 9.35. The summed E-state index contributed by atoms with van der Waals surface area (Å²) in [5, 5.41) is 8.87. The van der Waals surface area contributed by atoms with Crippen molar-refractivity contribution in [3.8, 4) is 0 Å². The molecule has 1 rings (SSSR count). The van der Waals surface area contributed by atoms with Gasteiger partial charge in [0.05, 0.1) is 5.56 Å². The maximum Gasteiger partial charge on any atom is 0.358 e. The van der Waals surface area contributed by atoms with E-state index >= 15 is 0 Å². The molecule has 1 N–H and O–H groups in total. The number of aromatic carboxylic acids is 1. The number of carbonyl (C=O) groups is 2. The highest BCUT2D eigenvalue weighted by Crippen LogP contribution is 2.13. The molecule has 0 amide bonds. The van der Waals surface area contributed by atoms with Gasteiger partial charge < -0.3 is 9.84 Å². The summed E-state index contributed by atoms with van der Waals surface area (Å²) in [6, 6.07) is 2.77. The highest BCUT2D eigenvalue weighted by Gasteiger charge is 2.23. The normalized spacial score (nSPS) is 10.9. The van der Waals surface area contributed by atoms with Gasteiger partial charge in [-0.05, 0) is 32.9 Å². The van der Waals surface area contributed by atoms with Crippen LogP contribution in [0.5, 0.6) is 0 Å². The summed E-state index contributed by atoms with van der Waals surface area (Å²) >= 11 is 0. The number of carbonyl (C=O) groups excluding carboxylic acids is 1. The topological polar surface area (TPSA) is 76.5 Å². The van der Waals surface area contributed by atoms with Crippen molar-refractivity contribution in [2.75, 3.05) is 0 Å². The first-order valence-corrected chi connectivity index (χ1v) is 4.73. The van der Waals surface area contributed by atoms with E-state index in [2.05, 4.69) is 4.98 Å². The van der Waals surface area contributed by atoms with Crippen LogP contribution in [0, 0.1) is 0 Å². The molecule has 0 aromatic carbocycles. The Hall–Kier alpha value is -1.91. The molecule has 0 fully saturated rings. The minimum Gasteiger partial charge on any atom is -0.478 e. The Balaban J connectivity index is 3.04. The van der Waals surface area contributed by atoms with Crippen LogP contribution in [0.4, 0.5) is 0 Å². The van der Waals surface area contributed by atoms with Gasteiger partial charge in [0.2, 0.25) is 0 Å². The van der Waals surface area contributed by atoms with E-state index in [0.29, 0.717) is 0 Å². The predicted molar refractivity (Wildman–Crippen MR) is 56.4 cm³/mol. The summed E-state index contributed by atoms with van der Waals surface area (Å²) in [6.45, 7) is 5.11. The molecule has 0 aliphatic heterocycles. The highest BCUT2D eigenvalue weighted by molar-refractivity contribution is 6.00. The molecular weight excluding hydrogens is 210 g/mol. The zero-order valence-electron chi connectivity index (χ0n) is 9.35. The Morgan fingerprint density at radius 3 is 2.50 bits per heavy atom. The lowest BCUT2D eigenvalue weighted by Crippen LogP contribution is -2.25. The van der Waals surface area contributed by atoms with E-state index in [9.17, 15) is 9.59 Å². The van der Waals surface area contributed by atoms with Crippen LogP contribution in [0.1, 0.15) is 41.6 Å². The fourth-order valence-electron chi connectivity index (χ4n) is 1.07. The zero-order chi connectivity index (χ0) is 12.3. The Bertz CT molecular complexity index is 420. The smallest absolute Gasteiger partial charge is 0.358 e.